The molecule has 0 aromatic rings. The minimum Gasteiger partial charge on any atom is -0.0999 e. The summed E-state index contributed by atoms with van der Waals surface area (Å²) < 4.78 is 0. The number of allylic oxidation sites excluding steroid dienone is 6. The number of hydrogen-bond acceptors (Lipinski definition) is 0. The van der Waals surface area contributed by atoms with E-state index in [1.54, 1.807) is 5.92 Å². The minimum absolute atomic E-state index is 0.823. The maximum absolute atomic E-state index is 3.99. The lowest BCUT2D eigenvalue weighted by Gasteiger charge is -2.25. The molecular formula is C20H33. The van der Waals surface area contributed by atoms with Crippen LogP contribution in [-0.4, -0.2) is 0 Å². The van der Waals surface area contributed by atoms with Gasteiger partial charge >= 0.3 is 0 Å². The van der Waals surface area contributed by atoms with Crippen molar-refractivity contribution in [3.05, 3.63) is 54.0 Å². The van der Waals surface area contributed by atoms with Gasteiger partial charge in [0.25, 0.3) is 0 Å². The van der Waals surface area contributed by atoms with Crippen molar-refractivity contribution >= 4 is 0 Å². The summed E-state index contributed by atoms with van der Waals surface area (Å²) in [6, 6.07) is 0. The van der Waals surface area contributed by atoms with Gasteiger partial charge in [0.1, 0.15) is 0 Å². The Kier molecular flexibility index (Phi) is 10.2. The van der Waals surface area contributed by atoms with Crippen LogP contribution in [0.5, 0.6) is 0 Å². The molecule has 1 radical (unpaired) electrons. The Morgan fingerprint density at radius 3 is 2.05 bits per heavy atom. The first-order valence-corrected chi connectivity index (χ1v) is 7.76. The van der Waals surface area contributed by atoms with Gasteiger partial charge in [-0.1, -0.05) is 55.0 Å². The largest absolute Gasteiger partial charge is 0.0999 e. The second kappa shape index (κ2) is 10.7. The fourth-order valence-electron chi connectivity index (χ4n) is 2.17. The van der Waals surface area contributed by atoms with Crippen LogP contribution < -0.4 is 0 Å². The van der Waals surface area contributed by atoms with Gasteiger partial charge in [-0.05, 0) is 71.6 Å². The van der Waals surface area contributed by atoms with E-state index in [1.165, 1.54) is 42.4 Å². The monoisotopic (exact) mass is 273 g/mol. The molecule has 0 spiro atoms. The summed E-state index contributed by atoms with van der Waals surface area (Å²) in [6.07, 6.45) is 12.6. The van der Waals surface area contributed by atoms with E-state index in [2.05, 4.69) is 59.9 Å². The lowest BCUT2D eigenvalue weighted by Crippen LogP contribution is -2.11. The second-order valence-corrected chi connectivity index (χ2v) is 6.25. The Morgan fingerprint density at radius 1 is 1.10 bits per heavy atom. The van der Waals surface area contributed by atoms with E-state index in [0.29, 0.717) is 0 Å². The van der Waals surface area contributed by atoms with Crippen LogP contribution in [0.4, 0.5) is 0 Å². The Balaban J connectivity index is 0.000000361. The molecule has 0 heteroatoms. The number of hydrogen-bond donors (Lipinski definition) is 0. The standard InChI is InChI=1S/C10H17.C10H16/c1-8(2)10-6-4-9(3)5-7-10;1-5-10(4)8-6-7-9(2)3/h10H,1,4-7H2,2-3H3;5,7-8H,1,6H2,2-4H3. The molecule has 0 aliphatic heterocycles. The molecule has 0 N–H and O–H groups in total. The molecule has 0 amide bonds. The van der Waals surface area contributed by atoms with E-state index in [4.69, 9.17) is 0 Å². The maximum Gasteiger partial charge on any atom is -0.0161 e. The van der Waals surface area contributed by atoms with Crippen LogP contribution in [-0.2, 0) is 0 Å². The van der Waals surface area contributed by atoms with Crippen molar-refractivity contribution in [1.82, 2.24) is 0 Å². The molecule has 0 heterocycles. The summed E-state index contributed by atoms with van der Waals surface area (Å²) in [4.78, 5) is 0. The molecule has 0 saturated heterocycles. The molecule has 0 nitrogen and oxygen atoms in total. The topological polar surface area (TPSA) is 0 Å². The molecule has 0 bridgehead atoms. The predicted octanol–water partition coefficient (Wildman–Crippen LogP) is 6.82. The van der Waals surface area contributed by atoms with E-state index < -0.39 is 0 Å². The Labute approximate surface area is 127 Å². The molecule has 0 unspecified atom stereocenters. The van der Waals surface area contributed by atoms with Gasteiger partial charge in [0, 0.05) is 0 Å². The Bertz CT molecular complexity index is 342. The summed E-state index contributed by atoms with van der Waals surface area (Å²) >= 11 is 0. The zero-order chi connectivity index (χ0) is 15.5. The summed E-state index contributed by atoms with van der Waals surface area (Å²) in [7, 11) is 0. The molecule has 20 heavy (non-hydrogen) atoms. The van der Waals surface area contributed by atoms with Crippen LogP contribution in [0.2, 0.25) is 0 Å². The van der Waals surface area contributed by atoms with Gasteiger partial charge in [-0.25, -0.2) is 0 Å². The van der Waals surface area contributed by atoms with E-state index in [0.717, 1.165) is 12.3 Å². The van der Waals surface area contributed by atoms with E-state index >= 15 is 0 Å². The fourth-order valence-corrected chi connectivity index (χ4v) is 2.17. The molecule has 1 saturated carbocycles. The van der Waals surface area contributed by atoms with E-state index in [9.17, 15) is 0 Å². The predicted molar refractivity (Wildman–Crippen MR) is 93.7 cm³/mol. The lowest BCUT2D eigenvalue weighted by atomic mass is 9.80. The third kappa shape index (κ3) is 9.83. The highest BCUT2D eigenvalue weighted by Gasteiger charge is 2.18. The van der Waals surface area contributed by atoms with E-state index in [1.807, 2.05) is 6.08 Å². The summed E-state index contributed by atoms with van der Waals surface area (Å²) in [5.41, 5.74) is 4.00. The van der Waals surface area contributed by atoms with Gasteiger partial charge in [-0.3, -0.25) is 0 Å². The van der Waals surface area contributed by atoms with Gasteiger partial charge < -0.3 is 0 Å². The van der Waals surface area contributed by atoms with Crippen molar-refractivity contribution in [1.29, 1.82) is 0 Å². The van der Waals surface area contributed by atoms with Gasteiger partial charge in [0.15, 0.2) is 0 Å². The average molecular weight is 273 g/mol. The number of rotatable bonds is 4. The van der Waals surface area contributed by atoms with Gasteiger partial charge in [0.05, 0.1) is 0 Å². The third-order valence-corrected chi connectivity index (χ3v) is 3.82. The summed E-state index contributed by atoms with van der Waals surface area (Å²) in [5, 5.41) is 0. The van der Waals surface area contributed by atoms with Crippen LogP contribution >= 0.6 is 0 Å². The van der Waals surface area contributed by atoms with Crippen molar-refractivity contribution < 1.29 is 0 Å². The van der Waals surface area contributed by atoms with Gasteiger partial charge in [-0.15, -0.1) is 0 Å². The van der Waals surface area contributed by atoms with Gasteiger partial charge in [-0.2, -0.15) is 0 Å². The molecule has 0 aromatic heterocycles. The fraction of sp³-hybridized carbons (Fsp3) is 0.550. The van der Waals surface area contributed by atoms with Crippen molar-refractivity contribution in [2.24, 2.45) is 5.92 Å². The Hall–Kier alpha value is -1.04. The maximum atomic E-state index is 3.99. The second-order valence-electron chi connectivity index (χ2n) is 6.25. The highest BCUT2D eigenvalue weighted by molar-refractivity contribution is 5.14. The van der Waals surface area contributed by atoms with Crippen LogP contribution in [0, 0.1) is 11.8 Å². The third-order valence-electron chi connectivity index (χ3n) is 3.82. The molecule has 1 rings (SSSR count). The zero-order valence-electron chi connectivity index (χ0n) is 14.3. The van der Waals surface area contributed by atoms with Crippen molar-refractivity contribution in [3.8, 4) is 0 Å². The molecule has 1 aliphatic carbocycles. The quantitative estimate of drug-likeness (QED) is 0.389. The van der Waals surface area contributed by atoms with Crippen LogP contribution in [0.1, 0.15) is 66.7 Å². The van der Waals surface area contributed by atoms with Crippen LogP contribution in [0.3, 0.4) is 0 Å². The zero-order valence-corrected chi connectivity index (χ0v) is 14.3. The molecule has 1 aliphatic rings. The highest BCUT2D eigenvalue weighted by atomic mass is 14.2. The normalized spacial score (nSPS) is 16.9. The van der Waals surface area contributed by atoms with E-state index in [-0.39, 0.29) is 0 Å². The molecule has 0 aromatic carbocycles. The van der Waals surface area contributed by atoms with Gasteiger partial charge in [0.2, 0.25) is 0 Å². The van der Waals surface area contributed by atoms with Crippen molar-refractivity contribution in [2.45, 2.75) is 66.7 Å². The van der Waals surface area contributed by atoms with Crippen molar-refractivity contribution in [2.75, 3.05) is 0 Å². The minimum atomic E-state index is 0.823. The Morgan fingerprint density at radius 2 is 1.65 bits per heavy atom. The first-order valence-electron chi connectivity index (χ1n) is 7.76. The average Bonchev–Trinajstić information content (AvgIpc) is 2.39. The molecule has 1 fully saturated rings. The highest BCUT2D eigenvalue weighted by Crippen LogP contribution is 2.32. The summed E-state index contributed by atoms with van der Waals surface area (Å²) in [6.45, 7) is 18.4. The molecule has 113 valence electrons. The van der Waals surface area contributed by atoms with Crippen molar-refractivity contribution in [3.63, 3.8) is 0 Å². The van der Waals surface area contributed by atoms with Crippen LogP contribution in [0.15, 0.2) is 48.1 Å². The first-order chi connectivity index (χ1) is 9.36. The molecular weight excluding hydrogens is 240 g/mol. The first kappa shape index (κ1) is 19.0. The van der Waals surface area contributed by atoms with Crippen LogP contribution in [0.25, 0.3) is 0 Å². The smallest absolute Gasteiger partial charge is 0.0161 e. The summed E-state index contributed by atoms with van der Waals surface area (Å²) in [5.74, 6) is 2.50. The lowest BCUT2D eigenvalue weighted by molar-refractivity contribution is 0.429. The SMILES string of the molecule is C=C(C)C1CC[C](C)CC1.C=CC(C)=CCC=C(C)C. The molecule has 0 atom stereocenters.